The maximum Gasteiger partial charge on any atom is 0.304 e. The molecule has 1 aromatic rings. The first-order chi connectivity index (χ1) is 9.41. The number of likely N-dealkylation sites (tertiary alicyclic amines) is 1. The largest absolute Gasteiger partial charge is 0.368 e. The van der Waals surface area contributed by atoms with E-state index in [0.29, 0.717) is 19.4 Å². The zero-order valence-electron chi connectivity index (χ0n) is 10.4. The van der Waals surface area contributed by atoms with Crippen molar-refractivity contribution in [1.82, 2.24) is 4.90 Å². The Bertz CT molecular complexity index is 590. The number of nitrogens with zero attached hydrogens (tertiary/aromatic N) is 2. The van der Waals surface area contributed by atoms with Gasteiger partial charge in [0.25, 0.3) is 5.91 Å². The summed E-state index contributed by atoms with van der Waals surface area (Å²) in [7, 11) is 0. The summed E-state index contributed by atoms with van der Waals surface area (Å²) < 4.78 is 13.5. The highest BCUT2D eigenvalue weighted by atomic mass is 19.1. The second-order valence-electron chi connectivity index (χ2n) is 4.48. The molecule has 1 aromatic carbocycles. The molecule has 1 heterocycles. The topological polar surface area (TPSA) is 107 Å². The van der Waals surface area contributed by atoms with Crippen LogP contribution in [0.4, 0.5) is 10.1 Å². The van der Waals surface area contributed by atoms with Crippen molar-refractivity contribution in [3.63, 3.8) is 0 Å². The lowest BCUT2D eigenvalue weighted by molar-refractivity contribution is -0.387. The number of primary amides is 1. The van der Waals surface area contributed by atoms with Crippen LogP contribution in [0.3, 0.4) is 0 Å². The summed E-state index contributed by atoms with van der Waals surface area (Å²) in [5.74, 6) is -2.26. The fraction of sp³-hybridized carbons (Fsp3) is 0.333. The molecule has 1 fully saturated rings. The number of halogens is 1. The van der Waals surface area contributed by atoms with Crippen molar-refractivity contribution in [2.45, 2.75) is 18.9 Å². The van der Waals surface area contributed by atoms with Crippen molar-refractivity contribution >= 4 is 17.5 Å². The SMILES string of the molecule is NC(=O)C1CCCN1C(=O)c1ccc([N+](=O)[O-])c(F)c1. The molecule has 1 aliphatic rings. The van der Waals surface area contributed by atoms with Crippen LogP contribution in [0.1, 0.15) is 23.2 Å². The quantitative estimate of drug-likeness (QED) is 0.653. The van der Waals surface area contributed by atoms with Crippen LogP contribution in [0.25, 0.3) is 0 Å². The monoisotopic (exact) mass is 281 g/mol. The molecule has 106 valence electrons. The van der Waals surface area contributed by atoms with Gasteiger partial charge in [-0.15, -0.1) is 0 Å². The van der Waals surface area contributed by atoms with Gasteiger partial charge in [-0.25, -0.2) is 0 Å². The lowest BCUT2D eigenvalue weighted by Gasteiger charge is -2.22. The molecule has 1 saturated heterocycles. The third kappa shape index (κ3) is 2.44. The van der Waals surface area contributed by atoms with E-state index < -0.39 is 34.3 Å². The van der Waals surface area contributed by atoms with Crippen molar-refractivity contribution in [3.8, 4) is 0 Å². The van der Waals surface area contributed by atoms with Gasteiger partial charge in [-0.1, -0.05) is 0 Å². The highest BCUT2D eigenvalue weighted by Crippen LogP contribution is 2.23. The minimum atomic E-state index is -1.09. The fourth-order valence-corrected chi connectivity index (χ4v) is 2.26. The van der Waals surface area contributed by atoms with Gasteiger partial charge in [0.15, 0.2) is 0 Å². The van der Waals surface area contributed by atoms with E-state index in [2.05, 4.69) is 0 Å². The molecule has 0 aromatic heterocycles. The lowest BCUT2D eigenvalue weighted by Crippen LogP contribution is -2.43. The average molecular weight is 281 g/mol. The molecule has 0 spiro atoms. The van der Waals surface area contributed by atoms with Gasteiger partial charge in [-0.05, 0) is 25.0 Å². The van der Waals surface area contributed by atoms with E-state index in [9.17, 15) is 24.1 Å². The molecule has 1 unspecified atom stereocenters. The maximum absolute atomic E-state index is 13.5. The van der Waals surface area contributed by atoms with E-state index in [-0.39, 0.29) is 5.56 Å². The fourth-order valence-electron chi connectivity index (χ4n) is 2.26. The molecule has 7 nitrogen and oxygen atoms in total. The summed E-state index contributed by atoms with van der Waals surface area (Å²) in [5, 5.41) is 10.5. The third-order valence-corrected chi connectivity index (χ3v) is 3.23. The van der Waals surface area contributed by atoms with E-state index in [1.165, 1.54) is 11.0 Å². The second kappa shape index (κ2) is 5.24. The Morgan fingerprint density at radius 3 is 2.70 bits per heavy atom. The lowest BCUT2D eigenvalue weighted by atomic mass is 10.1. The summed E-state index contributed by atoms with van der Waals surface area (Å²) in [4.78, 5) is 34.3. The van der Waals surface area contributed by atoms with E-state index in [4.69, 9.17) is 5.73 Å². The van der Waals surface area contributed by atoms with Crippen LogP contribution in [0.2, 0.25) is 0 Å². The number of benzene rings is 1. The molecule has 8 heteroatoms. The van der Waals surface area contributed by atoms with Crippen LogP contribution in [0.5, 0.6) is 0 Å². The normalized spacial score (nSPS) is 18.1. The number of nitro benzene ring substituents is 1. The zero-order chi connectivity index (χ0) is 14.9. The molecule has 2 rings (SSSR count). The number of hydrogen-bond donors (Lipinski definition) is 1. The number of nitrogens with two attached hydrogens (primary N) is 1. The highest BCUT2D eigenvalue weighted by molar-refractivity contribution is 5.97. The zero-order valence-corrected chi connectivity index (χ0v) is 10.4. The van der Waals surface area contributed by atoms with Crippen LogP contribution < -0.4 is 5.73 Å². The Labute approximate surface area is 113 Å². The number of rotatable bonds is 3. The van der Waals surface area contributed by atoms with Crippen LogP contribution in [0.15, 0.2) is 18.2 Å². The molecule has 1 atom stereocenters. The predicted octanol–water partition coefficient (Wildman–Crippen LogP) is 0.824. The van der Waals surface area contributed by atoms with Gasteiger partial charge in [0, 0.05) is 18.2 Å². The number of carbonyl (C=O) groups is 2. The summed E-state index contributed by atoms with van der Waals surface area (Å²) in [6, 6.07) is 2.19. The van der Waals surface area contributed by atoms with Crippen LogP contribution in [-0.2, 0) is 4.79 Å². The van der Waals surface area contributed by atoms with Crippen LogP contribution in [-0.4, -0.2) is 34.2 Å². The van der Waals surface area contributed by atoms with Crippen molar-refractivity contribution in [2.75, 3.05) is 6.54 Å². The number of nitro groups is 1. The van der Waals surface area contributed by atoms with Crippen molar-refractivity contribution in [2.24, 2.45) is 5.73 Å². The second-order valence-corrected chi connectivity index (χ2v) is 4.48. The molecular weight excluding hydrogens is 269 g/mol. The molecule has 1 aliphatic heterocycles. The summed E-state index contributed by atoms with van der Waals surface area (Å²) in [5.41, 5.74) is 4.46. The first-order valence-electron chi connectivity index (χ1n) is 5.96. The van der Waals surface area contributed by atoms with Crippen molar-refractivity contribution in [1.29, 1.82) is 0 Å². The summed E-state index contributed by atoms with van der Waals surface area (Å²) in [6.07, 6.45) is 1.10. The number of amides is 2. The number of carbonyl (C=O) groups excluding carboxylic acids is 2. The van der Waals surface area contributed by atoms with Gasteiger partial charge >= 0.3 is 5.69 Å². The molecule has 20 heavy (non-hydrogen) atoms. The molecule has 2 amide bonds. The highest BCUT2D eigenvalue weighted by Gasteiger charge is 2.33. The van der Waals surface area contributed by atoms with Gasteiger partial charge in [0.2, 0.25) is 11.7 Å². The van der Waals surface area contributed by atoms with Crippen molar-refractivity contribution < 1.29 is 18.9 Å². The molecule has 0 aliphatic carbocycles. The Balaban J connectivity index is 2.27. The first-order valence-corrected chi connectivity index (χ1v) is 5.96. The molecule has 0 bridgehead atoms. The minimum Gasteiger partial charge on any atom is -0.368 e. The minimum absolute atomic E-state index is 0.0405. The molecular formula is C12H12FN3O4. The van der Waals surface area contributed by atoms with Crippen LogP contribution in [0, 0.1) is 15.9 Å². The van der Waals surface area contributed by atoms with Gasteiger partial charge in [-0.2, -0.15) is 4.39 Å². The molecule has 2 N–H and O–H groups in total. The van der Waals surface area contributed by atoms with E-state index in [1.54, 1.807) is 0 Å². The number of hydrogen-bond acceptors (Lipinski definition) is 4. The Morgan fingerprint density at radius 2 is 2.15 bits per heavy atom. The Kier molecular flexibility index (Phi) is 3.64. The Morgan fingerprint density at radius 1 is 1.45 bits per heavy atom. The summed E-state index contributed by atoms with van der Waals surface area (Å²) >= 11 is 0. The first kappa shape index (κ1) is 13.9. The van der Waals surface area contributed by atoms with E-state index in [0.717, 1.165) is 12.1 Å². The molecule has 0 saturated carbocycles. The third-order valence-electron chi connectivity index (χ3n) is 3.23. The molecule has 0 radical (unpaired) electrons. The van der Waals surface area contributed by atoms with E-state index in [1.807, 2.05) is 0 Å². The van der Waals surface area contributed by atoms with Gasteiger partial charge in [-0.3, -0.25) is 19.7 Å². The standard InChI is InChI=1S/C12H12FN3O4/c13-8-6-7(3-4-9(8)16(19)20)12(18)15-5-1-2-10(15)11(14)17/h3-4,6,10H,1-2,5H2,(H2,14,17). The van der Waals surface area contributed by atoms with Gasteiger partial charge in [0.05, 0.1) is 4.92 Å². The average Bonchev–Trinajstić information content (AvgIpc) is 2.86. The van der Waals surface area contributed by atoms with E-state index >= 15 is 0 Å². The smallest absolute Gasteiger partial charge is 0.304 e. The Hall–Kier alpha value is -2.51. The van der Waals surface area contributed by atoms with Gasteiger partial charge in [0.1, 0.15) is 6.04 Å². The van der Waals surface area contributed by atoms with Crippen LogP contribution >= 0.6 is 0 Å². The summed E-state index contributed by atoms with van der Waals surface area (Å²) in [6.45, 7) is 0.352. The van der Waals surface area contributed by atoms with Crippen molar-refractivity contribution in [3.05, 3.63) is 39.7 Å². The van der Waals surface area contributed by atoms with Gasteiger partial charge < -0.3 is 10.6 Å². The maximum atomic E-state index is 13.5. The predicted molar refractivity (Wildman–Crippen MR) is 66.3 cm³/mol.